The Bertz CT molecular complexity index is 944. The number of ether oxygens (including phenoxy) is 1. The van der Waals surface area contributed by atoms with Gasteiger partial charge in [-0.1, -0.05) is 32.1 Å². The minimum Gasteiger partial charge on any atom is -0.494 e. The van der Waals surface area contributed by atoms with Gasteiger partial charge in [-0.05, 0) is 73.6 Å². The molecule has 1 saturated heterocycles. The van der Waals surface area contributed by atoms with Crippen LogP contribution < -0.4 is 14.5 Å². The van der Waals surface area contributed by atoms with Crippen LogP contribution >= 0.6 is 0 Å². The van der Waals surface area contributed by atoms with Crippen LogP contribution in [0.3, 0.4) is 0 Å². The van der Waals surface area contributed by atoms with E-state index >= 15 is 0 Å². The molecule has 0 aliphatic carbocycles. The summed E-state index contributed by atoms with van der Waals surface area (Å²) in [5, 5.41) is 0. The van der Waals surface area contributed by atoms with Gasteiger partial charge in [0.25, 0.3) is 0 Å². The van der Waals surface area contributed by atoms with E-state index in [0.717, 1.165) is 30.9 Å². The van der Waals surface area contributed by atoms with E-state index in [1.54, 1.807) is 6.92 Å². The summed E-state index contributed by atoms with van der Waals surface area (Å²) in [7, 11) is 0. The van der Waals surface area contributed by atoms with Crippen LogP contribution in [0, 0.1) is 11.3 Å². The van der Waals surface area contributed by atoms with E-state index in [0.29, 0.717) is 18.9 Å². The number of Topliss-reactive ketones (excluding diaryl/α,β-unsaturated/α-hetero) is 1. The Kier molecular flexibility index (Phi) is 6.08. The number of anilines is 2. The highest BCUT2D eigenvalue weighted by molar-refractivity contribution is 5.78. The third-order valence-corrected chi connectivity index (χ3v) is 6.20. The predicted octanol–water partition coefficient (Wildman–Crippen LogP) is 5.47. The molecular weight excluding hydrogens is 384 g/mol. The van der Waals surface area contributed by atoms with Crippen LogP contribution in [0.4, 0.5) is 11.4 Å². The Morgan fingerprint density at radius 1 is 1.03 bits per heavy atom. The van der Waals surface area contributed by atoms with Gasteiger partial charge in [0.05, 0.1) is 13.2 Å². The maximum atomic E-state index is 11.4. The standard InChI is InChI=1S/C27H34N2O2/c1-5-31-26-12-10-24(11-13-26)29-18-22-15-27(3,4)16-25(29)19-28(17-22)23-8-6-21(7-9-23)14-20(2)30/h6-13,16,22H,5,14-15,17-19H2,1-4H3/t22-/m1/s1. The molecule has 0 saturated carbocycles. The first-order valence-corrected chi connectivity index (χ1v) is 11.4. The Labute approximate surface area is 186 Å². The fraction of sp³-hybridized carbons (Fsp3) is 0.444. The number of carbonyl (C=O) groups is 1. The molecule has 0 radical (unpaired) electrons. The molecule has 4 rings (SSSR count). The van der Waals surface area contributed by atoms with Crippen molar-refractivity contribution in [2.75, 3.05) is 36.0 Å². The van der Waals surface area contributed by atoms with E-state index in [9.17, 15) is 4.79 Å². The van der Waals surface area contributed by atoms with Crippen molar-refractivity contribution in [1.82, 2.24) is 0 Å². The second-order valence-electron chi connectivity index (χ2n) is 9.66. The summed E-state index contributed by atoms with van der Waals surface area (Å²) in [6.07, 6.45) is 4.15. The maximum absolute atomic E-state index is 11.4. The van der Waals surface area contributed by atoms with Gasteiger partial charge < -0.3 is 14.5 Å². The smallest absolute Gasteiger partial charge is 0.134 e. The number of rotatable bonds is 6. The van der Waals surface area contributed by atoms with Crippen molar-refractivity contribution in [3.05, 3.63) is 65.9 Å². The molecule has 2 aliphatic rings. The van der Waals surface area contributed by atoms with Gasteiger partial charge >= 0.3 is 0 Å². The Morgan fingerprint density at radius 3 is 2.35 bits per heavy atom. The zero-order chi connectivity index (χ0) is 22.0. The Balaban J connectivity index is 1.61. The number of carbonyl (C=O) groups excluding carboxylic acids is 1. The fourth-order valence-electron chi connectivity index (χ4n) is 5.07. The van der Waals surface area contributed by atoms with Gasteiger partial charge in [-0.2, -0.15) is 0 Å². The summed E-state index contributed by atoms with van der Waals surface area (Å²) in [6.45, 7) is 12.0. The molecule has 2 heterocycles. The lowest BCUT2D eigenvalue weighted by molar-refractivity contribution is -0.116. The van der Waals surface area contributed by atoms with Gasteiger partial charge in [0.15, 0.2) is 0 Å². The van der Waals surface area contributed by atoms with Crippen molar-refractivity contribution >= 4 is 17.2 Å². The number of benzene rings is 2. The second kappa shape index (κ2) is 8.78. The topological polar surface area (TPSA) is 32.8 Å². The minimum absolute atomic E-state index is 0.192. The highest BCUT2D eigenvalue weighted by atomic mass is 16.5. The van der Waals surface area contributed by atoms with Crippen LogP contribution in [0.2, 0.25) is 0 Å². The third-order valence-electron chi connectivity index (χ3n) is 6.20. The van der Waals surface area contributed by atoms with Crippen molar-refractivity contribution in [3.8, 4) is 5.75 Å². The van der Waals surface area contributed by atoms with Crippen LogP contribution in [-0.2, 0) is 11.2 Å². The summed E-state index contributed by atoms with van der Waals surface area (Å²) in [5.74, 6) is 1.69. The molecule has 2 aromatic carbocycles. The van der Waals surface area contributed by atoms with Crippen molar-refractivity contribution in [1.29, 1.82) is 0 Å². The van der Waals surface area contributed by atoms with Crippen LogP contribution in [0.25, 0.3) is 0 Å². The summed E-state index contributed by atoms with van der Waals surface area (Å²) in [5.41, 5.74) is 5.11. The molecule has 0 aromatic heterocycles. The SMILES string of the molecule is CCOc1ccc(N2C[C@H]3CN(c4ccc(CC(C)=O)cc4)CC2=CC(C)(C)C3)cc1. The van der Waals surface area contributed by atoms with Crippen LogP contribution in [0.5, 0.6) is 5.75 Å². The van der Waals surface area contributed by atoms with E-state index in [-0.39, 0.29) is 11.2 Å². The first-order chi connectivity index (χ1) is 14.8. The monoisotopic (exact) mass is 418 g/mol. The fourth-order valence-corrected chi connectivity index (χ4v) is 5.07. The first kappa shape index (κ1) is 21.5. The number of fused-ring (bicyclic) bond motifs is 3. The van der Waals surface area contributed by atoms with Crippen molar-refractivity contribution in [2.45, 2.75) is 40.5 Å². The highest BCUT2D eigenvalue weighted by Crippen LogP contribution is 2.39. The summed E-state index contributed by atoms with van der Waals surface area (Å²) in [4.78, 5) is 16.4. The highest BCUT2D eigenvalue weighted by Gasteiger charge is 2.35. The van der Waals surface area contributed by atoms with Crippen LogP contribution in [-0.4, -0.2) is 32.0 Å². The van der Waals surface area contributed by atoms with Crippen molar-refractivity contribution in [2.24, 2.45) is 11.3 Å². The zero-order valence-electron chi connectivity index (χ0n) is 19.2. The molecule has 164 valence electrons. The molecule has 31 heavy (non-hydrogen) atoms. The second-order valence-corrected chi connectivity index (χ2v) is 9.66. The normalized spacial score (nSPS) is 20.1. The predicted molar refractivity (Wildman–Crippen MR) is 128 cm³/mol. The molecule has 0 amide bonds. The number of hydrogen-bond acceptors (Lipinski definition) is 4. The molecule has 0 spiro atoms. The van der Waals surface area contributed by atoms with Crippen LogP contribution in [0.1, 0.15) is 39.7 Å². The van der Waals surface area contributed by atoms with Crippen LogP contribution in [0.15, 0.2) is 60.3 Å². The molecule has 1 atom stereocenters. The van der Waals surface area contributed by atoms with Crippen molar-refractivity contribution in [3.63, 3.8) is 0 Å². The van der Waals surface area contributed by atoms with Gasteiger partial charge in [0.2, 0.25) is 0 Å². The summed E-state index contributed by atoms with van der Waals surface area (Å²) < 4.78 is 5.64. The van der Waals surface area contributed by atoms with E-state index in [2.05, 4.69) is 78.3 Å². The van der Waals surface area contributed by atoms with Gasteiger partial charge in [-0.3, -0.25) is 4.79 Å². The number of allylic oxidation sites excluding steroid dienone is 1. The average Bonchev–Trinajstić information content (AvgIpc) is 2.94. The molecule has 2 aliphatic heterocycles. The zero-order valence-corrected chi connectivity index (χ0v) is 19.2. The summed E-state index contributed by atoms with van der Waals surface area (Å²) >= 11 is 0. The number of hydrogen-bond donors (Lipinski definition) is 0. The lowest BCUT2D eigenvalue weighted by Crippen LogP contribution is -2.33. The maximum Gasteiger partial charge on any atom is 0.134 e. The summed E-state index contributed by atoms with van der Waals surface area (Å²) in [6, 6.07) is 17.1. The molecule has 0 N–H and O–H groups in total. The van der Waals surface area contributed by atoms with E-state index in [1.807, 2.05) is 6.92 Å². The quantitative estimate of drug-likeness (QED) is 0.622. The molecule has 1 fully saturated rings. The molecule has 0 unspecified atom stereocenters. The van der Waals surface area contributed by atoms with Gasteiger partial charge in [0, 0.05) is 36.6 Å². The number of ketones is 1. The van der Waals surface area contributed by atoms with Gasteiger partial charge in [-0.15, -0.1) is 0 Å². The van der Waals surface area contributed by atoms with E-state index < -0.39 is 0 Å². The Hall–Kier alpha value is -2.75. The molecular formula is C27H34N2O2. The first-order valence-electron chi connectivity index (χ1n) is 11.4. The molecule has 2 aromatic rings. The Morgan fingerprint density at radius 2 is 1.71 bits per heavy atom. The lowest BCUT2D eigenvalue weighted by atomic mass is 9.82. The average molecular weight is 419 g/mol. The van der Waals surface area contributed by atoms with E-state index in [4.69, 9.17) is 4.74 Å². The molecule has 4 nitrogen and oxygen atoms in total. The molecule has 4 heteroatoms. The van der Waals surface area contributed by atoms with Gasteiger partial charge in [-0.25, -0.2) is 0 Å². The third kappa shape index (κ3) is 5.12. The lowest BCUT2D eigenvalue weighted by Gasteiger charge is -2.33. The number of nitrogens with zero attached hydrogens (tertiary/aromatic N) is 2. The minimum atomic E-state index is 0.192. The van der Waals surface area contributed by atoms with Crippen molar-refractivity contribution < 1.29 is 9.53 Å². The van der Waals surface area contributed by atoms with E-state index in [1.165, 1.54) is 23.5 Å². The largest absolute Gasteiger partial charge is 0.494 e. The van der Waals surface area contributed by atoms with Gasteiger partial charge in [0.1, 0.15) is 11.5 Å². The molecule has 2 bridgehead atoms.